The molecule has 2 aromatic carbocycles. The average Bonchev–Trinajstić information content (AvgIpc) is 3.47. The summed E-state index contributed by atoms with van der Waals surface area (Å²) in [6.07, 6.45) is 1.76. The number of aliphatic carboxylic acids is 1. The van der Waals surface area contributed by atoms with Crippen molar-refractivity contribution in [2.24, 2.45) is 5.92 Å². The summed E-state index contributed by atoms with van der Waals surface area (Å²) in [6, 6.07) is 15.3. The molecule has 0 spiro atoms. The number of amides is 2. The molecule has 1 unspecified atom stereocenters. The van der Waals surface area contributed by atoms with Gasteiger partial charge in [0.2, 0.25) is 5.91 Å². The number of nitrogens with zero attached hydrogens (tertiary/aromatic N) is 1. The van der Waals surface area contributed by atoms with Crippen LogP contribution in [-0.4, -0.2) is 64.4 Å². The van der Waals surface area contributed by atoms with E-state index in [0.29, 0.717) is 12.3 Å². The fourth-order valence-electron chi connectivity index (χ4n) is 5.07. The van der Waals surface area contributed by atoms with Crippen molar-refractivity contribution < 1.29 is 29.3 Å². The minimum absolute atomic E-state index is 0.0326. The molecule has 178 valence electrons. The summed E-state index contributed by atoms with van der Waals surface area (Å²) >= 11 is 0. The van der Waals surface area contributed by atoms with Crippen molar-refractivity contribution >= 4 is 18.0 Å². The predicted molar refractivity (Wildman–Crippen MR) is 123 cm³/mol. The number of aliphatic hydroxyl groups is 1. The number of ether oxygens (including phenoxy) is 1. The van der Waals surface area contributed by atoms with Crippen molar-refractivity contribution in [3.05, 3.63) is 59.7 Å². The molecule has 2 fully saturated rings. The van der Waals surface area contributed by atoms with Crippen LogP contribution in [0.2, 0.25) is 0 Å². The predicted octanol–water partition coefficient (Wildman–Crippen LogP) is 2.74. The zero-order valence-electron chi connectivity index (χ0n) is 18.8. The SMILES string of the molecule is O=C(N[C@@H](CC1CC1)C(=O)N1CCC(O)(C(=O)O)C1)OCC1c2ccccc2-c2ccccc21. The number of rotatable bonds is 7. The van der Waals surface area contributed by atoms with Crippen LogP contribution in [0.3, 0.4) is 0 Å². The Labute approximate surface area is 197 Å². The van der Waals surface area contributed by atoms with Crippen LogP contribution in [-0.2, 0) is 14.3 Å². The lowest BCUT2D eigenvalue weighted by molar-refractivity contribution is -0.157. The number of nitrogens with one attached hydrogen (secondary N) is 1. The van der Waals surface area contributed by atoms with Gasteiger partial charge in [-0.05, 0) is 34.6 Å². The summed E-state index contributed by atoms with van der Waals surface area (Å²) in [4.78, 5) is 38.5. The number of fused-ring (bicyclic) bond motifs is 3. The van der Waals surface area contributed by atoms with Crippen LogP contribution < -0.4 is 5.32 Å². The van der Waals surface area contributed by atoms with Crippen molar-refractivity contribution in [3.8, 4) is 11.1 Å². The van der Waals surface area contributed by atoms with Crippen LogP contribution in [0.25, 0.3) is 11.1 Å². The minimum Gasteiger partial charge on any atom is -0.479 e. The molecule has 2 atom stereocenters. The Kier molecular flexibility index (Phi) is 5.77. The van der Waals surface area contributed by atoms with E-state index in [1.54, 1.807) is 0 Å². The third kappa shape index (κ3) is 4.25. The second-order valence-corrected chi connectivity index (χ2v) is 9.55. The molecule has 1 heterocycles. The molecule has 2 aliphatic carbocycles. The Morgan fingerprint density at radius 1 is 1.06 bits per heavy atom. The molecule has 1 saturated carbocycles. The topological polar surface area (TPSA) is 116 Å². The number of benzene rings is 2. The monoisotopic (exact) mass is 464 g/mol. The highest BCUT2D eigenvalue weighted by molar-refractivity contribution is 5.88. The number of carbonyl (C=O) groups excluding carboxylic acids is 2. The first kappa shape index (κ1) is 22.4. The molecule has 2 amide bonds. The summed E-state index contributed by atoms with van der Waals surface area (Å²) in [5.41, 5.74) is 2.53. The smallest absolute Gasteiger partial charge is 0.407 e. The van der Waals surface area contributed by atoms with E-state index in [1.165, 1.54) is 4.90 Å². The number of carboxylic acids is 1. The summed E-state index contributed by atoms with van der Waals surface area (Å²) in [5, 5.41) is 22.2. The van der Waals surface area contributed by atoms with Gasteiger partial charge < -0.3 is 25.2 Å². The van der Waals surface area contributed by atoms with Crippen molar-refractivity contribution in [1.29, 1.82) is 0 Å². The van der Waals surface area contributed by atoms with Gasteiger partial charge in [0.25, 0.3) is 0 Å². The average molecular weight is 465 g/mol. The van der Waals surface area contributed by atoms with E-state index < -0.39 is 23.7 Å². The van der Waals surface area contributed by atoms with E-state index in [0.717, 1.165) is 35.1 Å². The van der Waals surface area contributed by atoms with Crippen LogP contribution in [0.15, 0.2) is 48.5 Å². The molecular formula is C26H28N2O6. The first-order valence-electron chi connectivity index (χ1n) is 11.7. The second kappa shape index (κ2) is 8.76. The van der Waals surface area contributed by atoms with Crippen LogP contribution in [0.5, 0.6) is 0 Å². The molecule has 1 saturated heterocycles. The third-order valence-corrected chi connectivity index (χ3v) is 7.16. The number of alkyl carbamates (subject to hydrolysis) is 1. The van der Waals surface area contributed by atoms with Gasteiger partial charge >= 0.3 is 12.1 Å². The van der Waals surface area contributed by atoms with Gasteiger partial charge in [-0.15, -0.1) is 0 Å². The Morgan fingerprint density at radius 2 is 1.68 bits per heavy atom. The van der Waals surface area contributed by atoms with Gasteiger partial charge in [-0.2, -0.15) is 0 Å². The van der Waals surface area contributed by atoms with Crippen molar-refractivity contribution in [3.63, 3.8) is 0 Å². The lowest BCUT2D eigenvalue weighted by Gasteiger charge is -2.25. The fourth-order valence-corrected chi connectivity index (χ4v) is 5.07. The highest BCUT2D eigenvalue weighted by Gasteiger charge is 2.46. The normalized spacial score (nSPS) is 22.1. The molecule has 8 heteroatoms. The van der Waals surface area contributed by atoms with E-state index in [2.05, 4.69) is 17.4 Å². The number of hydrogen-bond donors (Lipinski definition) is 3. The molecular weight excluding hydrogens is 436 g/mol. The Balaban J connectivity index is 1.24. The van der Waals surface area contributed by atoms with E-state index >= 15 is 0 Å². The standard InChI is InChI=1S/C26H28N2O6/c29-23(28-12-11-26(33,15-28)24(30)31)22(13-16-9-10-16)27-25(32)34-14-21-19-7-3-1-5-17(19)18-6-2-4-8-20(18)21/h1-8,16,21-22,33H,9-15H2,(H,27,32)(H,30,31)/t22-,26?/m0/s1. The maximum Gasteiger partial charge on any atom is 0.407 e. The van der Waals surface area contributed by atoms with Gasteiger partial charge in [0, 0.05) is 18.9 Å². The highest BCUT2D eigenvalue weighted by atomic mass is 16.5. The zero-order chi connectivity index (χ0) is 23.9. The van der Waals surface area contributed by atoms with Gasteiger partial charge in [-0.1, -0.05) is 61.4 Å². The molecule has 3 N–H and O–H groups in total. The van der Waals surface area contributed by atoms with E-state index in [1.807, 2.05) is 36.4 Å². The van der Waals surface area contributed by atoms with Crippen LogP contribution in [0, 0.1) is 5.92 Å². The fraction of sp³-hybridized carbons (Fsp3) is 0.423. The zero-order valence-corrected chi connectivity index (χ0v) is 18.8. The molecule has 2 aromatic rings. The number of hydrogen-bond acceptors (Lipinski definition) is 5. The quantitative estimate of drug-likeness (QED) is 0.580. The molecule has 0 aromatic heterocycles. The summed E-state index contributed by atoms with van der Waals surface area (Å²) in [6.45, 7) is -0.00342. The van der Waals surface area contributed by atoms with Crippen LogP contribution >= 0.6 is 0 Å². The lowest BCUT2D eigenvalue weighted by Crippen LogP contribution is -2.50. The minimum atomic E-state index is -1.94. The van der Waals surface area contributed by atoms with Gasteiger partial charge in [-0.25, -0.2) is 9.59 Å². The summed E-state index contributed by atoms with van der Waals surface area (Å²) in [7, 11) is 0. The highest BCUT2D eigenvalue weighted by Crippen LogP contribution is 2.44. The molecule has 1 aliphatic heterocycles. The second-order valence-electron chi connectivity index (χ2n) is 9.55. The molecule has 0 radical (unpaired) electrons. The van der Waals surface area contributed by atoms with Gasteiger partial charge in [0.05, 0.1) is 6.54 Å². The van der Waals surface area contributed by atoms with Crippen molar-refractivity contribution in [1.82, 2.24) is 10.2 Å². The van der Waals surface area contributed by atoms with Gasteiger partial charge in [-0.3, -0.25) is 4.79 Å². The first-order valence-corrected chi connectivity index (χ1v) is 11.7. The van der Waals surface area contributed by atoms with E-state index in [4.69, 9.17) is 4.74 Å². The summed E-state index contributed by atoms with van der Waals surface area (Å²) in [5.74, 6) is -1.45. The lowest BCUT2D eigenvalue weighted by atomic mass is 9.98. The van der Waals surface area contributed by atoms with Crippen LogP contribution in [0.4, 0.5) is 4.79 Å². The maximum absolute atomic E-state index is 13.1. The largest absolute Gasteiger partial charge is 0.479 e. The Morgan fingerprint density at radius 3 is 2.24 bits per heavy atom. The maximum atomic E-state index is 13.1. The number of likely N-dealkylation sites (tertiary alicyclic amines) is 1. The molecule has 34 heavy (non-hydrogen) atoms. The molecule has 5 rings (SSSR count). The Hall–Kier alpha value is -3.39. The number of carbonyl (C=O) groups is 3. The number of carboxylic acid groups (broad SMARTS) is 1. The van der Waals surface area contributed by atoms with Gasteiger partial charge in [0.15, 0.2) is 5.60 Å². The molecule has 8 nitrogen and oxygen atoms in total. The van der Waals surface area contributed by atoms with Crippen molar-refractivity contribution in [2.75, 3.05) is 19.7 Å². The number of β-amino-alcohol motifs (C(OH)–C–C–N with tert-alkyl or cyclic N) is 1. The molecule has 0 bridgehead atoms. The van der Waals surface area contributed by atoms with Crippen molar-refractivity contribution in [2.45, 2.75) is 43.2 Å². The Bertz CT molecular complexity index is 1080. The molecule has 3 aliphatic rings. The van der Waals surface area contributed by atoms with E-state index in [9.17, 15) is 24.6 Å². The summed E-state index contributed by atoms with van der Waals surface area (Å²) < 4.78 is 5.60. The third-order valence-electron chi connectivity index (χ3n) is 7.16. The van der Waals surface area contributed by atoms with E-state index in [-0.39, 0.29) is 37.9 Å². The van der Waals surface area contributed by atoms with Crippen LogP contribution in [0.1, 0.15) is 42.7 Å². The first-order chi connectivity index (χ1) is 16.4. The van der Waals surface area contributed by atoms with Gasteiger partial charge in [0.1, 0.15) is 12.6 Å².